The number of aliphatic hydroxyl groups excluding tert-OH is 1. The van der Waals surface area contributed by atoms with Crippen LogP contribution in [0.5, 0.6) is 0 Å². The van der Waals surface area contributed by atoms with E-state index in [0.717, 1.165) is 5.56 Å². The number of nitrogens with one attached hydrogen (secondary N) is 1. The van der Waals surface area contributed by atoms with Gasteiger partial charge in [-0.2, -0.15) is 4.39 Å². The summed E-state index contributed by atoms with van der Waals surface area (Å²) in [6.07, 6.45) is 0.498. The van der Waals surface area contributed by atoms with Crippen molar-refractivity contribution in [3.8, 4) is 0 Å². The molecule has 1 atom stereocenters. The summed E-state index contributed by atoms with van der Waals surface area (Å²) in [7, 11) is 0. The molecule has 0 spiro atoms. The van der Waals surface area contributed by atoms with E-state index in [-0.39, 0.29) is 12.3 Å². The van der Waals surface area contributed by atoms with Crippen LogP contribution >= 0.6 is 0 Å². The quantitative estimate of drug-likeness (QED) is 0.813. The molecule has 1 aromatic carbocycles. The van der Waals surface area contributed by atoms with Crippen molar-refractivity contribution in [1.29, 1.82) is 0 Å². The summed E-state index contributed by atoms with van der Waals surface area (Å²) in [5, 5.41) is 12.0. The van der Waals surface area contributed by atoms with Crippen molar-refractivity contribution in [3.05, 3.63) is 65.7 Å². The van der Waals surface area contributed by atoms with Crippen LogP contribution in [0.25, 0.3) is 0 Å². The van der Waals surface area contributed by atoms with Crippen LogP contribution < -0.4 is 5.32 Å². The molecule has 0 aliphatic heterocycles. The van der Waals surface area contributed by atoms with Crippen LogP contribution in [0, 0.1) is 5.95 Å². The minimum atomic E-state index is -0.707. The summed E-state index contributed by atoms with van der Waals surface area (Å²) in [6, 6.07) is 13.1. The highest BCUT2D eigenvalue weighted by atomic mass is 19.1. The number of aromatic nitrogens is 1. The fraction of sp³-hybridized carbons (Fsp3) is 0.200. The number of amides is 1. The Balaban J connectivity index is 2.01. The van der Waals surface area contributed by atoms with E-state index in [1.54, 1.807) is 0 Å². The van der Waals surface area contributed by atoms with Gasteiger partial charge in [-0.1, -0.05) is 36.4 Å². The number of pyridine rings is 1. The molecule has 1 amide bonds. The lowest BCUT2D eigenvalue weighted by Crippen LogP contribution is -2.39. The predicted molar refractivity (Wildman–Crippen MR) is 72.7 cm³/mol. The lowest BCUT2D eigenvalue weighted by molar-refractivity contribution is 0.0910. The van der Waals surface area contributed by atoms with Gasteiger partial charge in [0.1, 0.15) is 5.69 Å². The minimum absolute atomic E-state index is 0.00323. The number of halogens is 1. The van der Waals surface area contributed by atoms with Gasteiger partial charge in [0, 0.05) is 0 Å². The van der Waals surface area contributed by atoms with Crippen LogP contribution in [-0.2, 0) is 6.42 Å². The monoisotopic (exact) mass is 274 g/mol. The Kier molecular flexibility index (Phi) is 4.79. The van der Waals surface area contributed by atoms with Gasteiger partial charge in [0.05, 0.1) is 12.6 Å². The maximum absolute atomic E-state index is 13.0. The molecular weight excluding hydrogens is 259 g/mol. The van der Waals surface area contributed by atoms with Gasteiger partial charge in [0.15, 0.2) is 0 Å². The van der Waals surface area contributed by atoms with E-state index >= 15 is 0 Å². The molecule has 0 aliphatic rings. The Labute approximate surface area is 116 Å². The summed E-state index contributed by atoms with van der Waals surface area (Å²) >= 11 is 0. The Bertz CT molecular complexity index is 575. The molecule has 0 fully saturated rings. The second kappa shape index (κ2) is 6.77. The largest absolute Gasteiger partial charge is 0.394 e. The maximum Gasteiger partial charge on any atom is 0.270 e. The third-order valence-corrected chi connectivity index (χ3v) is 2.83. The summed E-state index contributed by atoms with van der Waals surface area (Å²) < 4.78 is 13.0. The molecule has 104 valence electrons. The van der Waals surface area contributed by atoms with Gasteiger partial charge < -0.3 is 10.4 Å². The topological polar surface area (TPSA) is 62.2 Å². The molecule has 1 unspecified atom stereocenters. The van der Waals surface area contributed by atoms with Crippen molar-refractivity contribution in [2.45, 2.75) is 12.5 Å². The molecule has 20 heavy (non-hydrogen) atoms. The Morgan fingerprint density at radius 3 is 2.60 bits per heavy atom. The van der Waals surface area contributed by atoms with Crippen LogP contribution in [0.4, 0.5) is 4.39 Å². The van der Waals surface area contributed by atoms with Crippen molar-refractivity contribution in [2.24, 2.45) is 0 Å². The molecule has 2 N–H and O–H groups in total. The summed E-state index contributed by atoms with van der Waals surface area (Å²) in [6.45, 7) is -0.198. The summed E-state index contributed by atoms with van der Waals surface area (Å²) in [5.41, 5.74) is 0.996. The van der Waals surface area contributed by atoms with Crippen LogP contribution in [0.2, 0.25) is 0 Å². The first-order chi connectivity index (χ1) is 9.69. The molecule has 2 aromatic rings. The van der Waals surface area contributed by atoms with Crippen LogP contribution in [0.3, 0.4) is 0 Å². The molecule has 2 rings (SSSR count). The standard InChI is InChI=1S/C15H15FN2O2/c16-14-8-4-7-13(18-14)15(20)17-12(10-19)9-11-5-2-1-3-6-11/h1-8,12,19H,9-10H2,(H,17,20). The van der Waals surface area contributed by atoms with Crippen molar-refractivity contribution in [2.75, 3.05) is 6.61 Å². The first-order valence-corrected chi connectivity index (χ1v) is 6.27. The molecular formula is C15H15FN2O2. The van der Waals surface area contributed by atoms with E-state index in [1.807, 2.05) is 30.3 Å². The lowest BCUT2D eigenvalue weighted by atomic mass is 10.1. The highest BCUT2D eigenvalue weighted by Crippen LogP contribution is 2.04. The normalized spacial score (nSPS) is 11.9. The Morgan fingerprint density at radius 2 is 1.95 bits per heavy atom. The number of aliphatic hydroxyl groups is 1. The zero-order valence-corrected chi connectivity index (χ0v) is 10.8. The maximum atomic E-state index is 13.0. The Morgan fingerprint density at radius 1 is 1.20 bits per heavy atom. The zero-order chi connectivity index (χ0) is 14.4. The molecule has 5 heteroatoms. The van der Waals surface area contributed by atoms with Crippen molar-refractivity contribution in [1.82, 2.24) is 10.3 Å². The van der Waals surface area contributed by atoms with Gasteiger partial charge in [-0.05, 0) is 24.1 Å². The van der Waals surface area contributed by atoms with Gasteiger partial charge >= 0.3 is 0 Å². The lowest BCUT2D eigenvalue weighted by Gasteiger charge is -2.16. The number of carbonyl (C=O) groups excluding carboxylic acids is 1. The summed E-state index contributed by atoms with van der Waals surface area (Å²) in [4.78, 5) is 15.4. The fourth-order valence-corrected chi connectivity index (χ4v) is 1.85. The second-order valence-corrected chi connectivity index (χ2v) is 4.39. The average Bonchev–Trinajstić information content (AvgIpc) is 2.47. The van der Waals surface area contributed by atoms with Gasteiger partial charge in [-0.3, -0.25) is 4.79 Å². The number of rotatable bonds is 5. The second-order valence-electron chi connectivity index (χ2n) is 4.39. The Hall–Kier alpha value is -2.27. The third kappa shape index (κ3) is 3.86. The van der Waals surface area contributed by atoms with E-state index in [4.69, 9.17) is 0 Å². The molecule has 0 bridgehead atoms. The average molecular weight is 274 g/mol. The first-order valence-electron chi connectivity index (χ1n) is 6.27. The molecule has 0 saturated heterocycles. The number of nitrogens with zero attached hydrogens (tertiary/aromatic N) is 1. The number of hydrogen-bond donors (Lipinski definition) is 2. The smallest absolute Gasteiger partial charge is 0.270 e. The van der Waals surface area contributed by atoms with E-state index in [9.17, 15) is 14.3 Å². The third-order valence-electron chi connectivity index (χ3n) is 2.83. The van der Waals surface area contributed by atoms with Crippen LogP contribution in [-0.4, -0.2) is 28.6 Å². The molecule has 4 nitrogen and oxygen atoms in total. The predicted octanol–water partition coefficient (Wildman–Crippen LogP) is 1.55. The fourth-order valence-electron chi connectivity index (χ4n) is 1.85. The SMILES string of the molecule is O=C(NC(CO)Cc1ccccc1)c1cccc(F)n1. The molecule has 0 saturated carbocycles. The zero-order valence-electron chi connectivity index (χ0n) is 10.8. The van der Waals surface area contributed by atoms with E-state index in [0.29, 0.717) is 6.42 Å². The van der Waals surface area contributed by atoms with E-state index < -0.39 is 17.9 Å². The molecule has 0 aliphatic carbocycles. The van der Waals surface area contributed by atoms with Gasteiger partial charge in [-0.25, -0.2) is 4.98 Å². The van der Waals surface area contributed by atoms with Crippen molar-refractivity contribution < 1.29 is 14.3 Å². The number of benzene rings is 1. The van der Waals surface area contributed by atoms with E-state index in [2.05, 4.69) is 10.3 Å². The first kappa shape index (κ1) is 14.1. The van der Waals surface area contributed by atoms with E-state index in [1.165, 1.54) is 18.2 Å². The highest BCUT2D eigenvalue weighted by Gasteiger charge is 2.14. The number of carbonyl (C=O) groups is 1. The van der Waals surface area contributed by atoms with Gasteiger partial charge in [-0.15, -0.1) is 0 Å². The molecule has 1 heterocycles. The number of hydrogen-bond acceptors (Lipinski definition) is 3. The molecule has 1 aromatic heterocycles. The summed E-state index contributed by atoms with van der Waals surface area (Å²) in [5.74, 6) is -1.21. The van der Waals surface area contributed by atoms with Crippen LogP contribution in [0.1, 0.15) is 16.1 Å². The van der Waals surface area contributed by atoms with Crippen LogP contribution in [0.15, 0.2) is 48.5 Å². The minimum Gasteiger partial charge on any atom is -0.394 e. The van der Waals surface area contributed by atoms with Gasteiger partial charge in [0.25, 0.3) is 5.91 Å². The van der Waals surface area contributed by atoms with Crippen molar-refractivity contribution in [3.63, 3.8) is 0 Å². The highest BCUT2D eigenvalue weighted by molar-refractivity contribution is 5.92. The molecule has 0 radical (unpaired) electrons. The van der Waals surface area contributed by atoms with Crippen molar-refractivity contribution >= 4 is 5.91 Å². The van der Waals surface area contributed by atoms with Gasteiger partial charge in [0.2, 0.25) is 5.95 Å².